The number of hydrogen-bond acceptors (Lipinski definition) is 5. The number of aromatic nitrogens is 1. The average Bonchev–Trinajstić information content (AvgIpc) is 2.69. The van der Waals surface area contributed by atoms with E-state index in [4.69, 9.17) is 5.11 Å². The topological polar surface area (TPSA) is 90.8 Å². The molecule has 1 saturated heterocycles. The van der Waals surface area contributed by atoms with E-state index < -0.39 is 16.0 Å². The van der Waals surface area contributed by atoms with E-state index in [0.29, 0.717) is 44.0 Å². The van der Waals surface area contributed by atoms with Crippen LogP contribution in [0.1, 0.15) is 19.8 Å². The summed E-state index contributed by atoms with van der Waals surface area (Å²) in [5.41, 5.74) is 0.611. The van der Waals surface area contributed by atoms with Crippen LogP contribution in [0.25, 0.3) is 0 Å². The van der Waals surface area contributed by atoms with Crippen molar-refractivity contribution in [2.24, 2.45) is 5.92 Å². The number of anilines is 2. The highest BCUT2D eigenvalue weighted by Gasteiger charge is 2.27. The minimum atomic E-state index is -3.70. The molecular formula is C19H23N3O4S. The first-order chi connectivity index (χ1) is 12.9. The zero-order valence-electron chi connectivity index (χ0n) is 15.2. The predicted octanol–water partition coefficient (Wildman–Crippen LogP) is 2.60. The highest BCUT2D eigenvalue weighted by Crippen LogP contribution is 2.26. The van der Waals surface area contributed by atoms with E-state index in [1.165, 1.54) is 10.5 Å². The Bertz CT molecular complexity index is 877. The van der Waals surface area contributed by atoms with Gasteiger partial charge < -0.3 is 10.0 Å². The van der Waals surface area contributed by atoms with E-state index in [0.717, 1.165) is 0 Å². The van der Waals surface area contributed by atoms with Gasteiger partial charge in [-0.1, -0.05) is 18.2 Å². The van der Waals surface area contributed by atoms with Gasteiger partial charge >= 0.3 is 5.97 Å². The monoisotopic (exact) mass is 389 g/mol. The van der Waals surface area contributed by atoms with Crippen LogP contribution in [-0.4, -0.2) is 44.1 Å². The second kappa shape index (κ2) is 7.96. The molecule has 144 valence electrons. The van der Waals surface area contributed by atoms with Gasteiger partial charge in [0.05, 0.1) is 11.6 Å². The number of piperidine rings is 1. The summed E-state index contributed by atoms with van der Waals surface area (Å²) in [5.74, 6) is -0.407. The maximum atomic E-state index is 13.0. The molecule has 0 spiro atoms. The van der Waals surface area contributed by atoms with Crippen LogP contribution < -0.4 is 9.21 Å². The highest BCUT2D eigenvalue weighted by atomic mass is 32.2. The lowest BCUT2D eigenvalue weighted by molar-refractivity contribution is -0.142. The molecule has 8 heteroatoms. The minimum absolute atomic E-state index is 0.136. The number of carbonyl (C=O) groups is 1. The molecule has 2 heterocycles. The number of rotatable bonds is 6. The van der Waals surface area contributed by atoms with E-state index >= 15 is 0 Å². The summed E-state index contributed by atoms with van der Waals surface area (Å²) in [6.07, 6.45) is 2.50. The Morgan fingerprint density at radius 1 is 1.19 bits per heavy atom. The first-order valence-corrected chi connectivity index (χ1v) is 10.4. The minimum Gasteiger partial charge on any atom is -0.481 e. The lowest BCUT2D eigenvalue weighted by atomic mass is 9.97. The van der Waals surface area contributed by atoms with Crippen molar-refractivity contribution in [3.05, 3.63) is 48.7 Å². The first kappa shape index (κ1) is 19.2. The Hall–Kier alpha value is -2.61. The largest absolute Gasteiger partial charge is 0.481 e. The van der Waals surface area contributed by atoms with E-state index in [-0.39, 0.29) is 10.8 Å². The number of carboxylic acids is 1. The van der Waals surface area contributed by atoms with Gasteiger partial charge in [-0.05, 0) is 44.0 Å². The number of pyridine rings is 1. The predicted molar refractivity (Wildman–Crippen MR) is 103 cm³/mol. The Labute approximate surface area is 159 Å². The standard InChI is InChI=1S/C19H23N3O4S/c1-2-22(16-6-4-3-5-7-16)27(25,26)17-8-9-18(20-14-17)21-12-10-15(11-13-21)19(23)24/h3-9,14-15H,2,10-13H2,1H3,(H,23,24). The summed E-state index contributed by atoms with van der Waals surface area (Å²) in [6.45, 7) is 3.30. The number of benzene rings is 1. The number of sulfonamides is 1. The van der Waals surface area contributed by atoms with Crippen LogP contribution in [0.15, 0.2) is 53.6 Å². The second-order valence-electron chi connectivity index (χ2n) is 6.46. The zero-order chi connectivity index (χ0) is 19.4. The lowest BCUT2D eigenvalue weighted by Crippen LogP contribution is -2.36. The molecule has 7 nitrogen and oxygen atoms in total. The quantitative estimate of drug-likeness (QED) is 0.817. The molecule has 0 bridgehead atoms. The number of hydrogen-bond donors (Lipinski definition) is 1. The lowest BCUT2D eigenvalue weighted by Gasteiger charge is -2.31. The summed E-state index contributed by atoms with van der Waals surface area (Å²) in [4.78, 5) is 17.5. The van der Waals surface area contributed by atoms with Gasteiger partial charge in [0.1, 0.15) is 10.7 Å². The highest BCUT2D eigenvalue weighted by molar-refractivity contribution is 7.92. The molecule has 1 aromatic heterocycles. The summed E-state index contributed by atoms with van der Waals surface area (Å²) >= 11 is 0. The Morgan fingerprint density at radius 3 is 2.37 bits per heavy atom. The molecule has 0 atom stereocenters. The van der Waals surface area contributed by atoms with E-state index in [1.807, 2.05) is 11.0 Å². The smallest absolute Gasteiger partial charge is 0.306 e. The third-order valence-electron chi connectivity index (χ3n) is 4.81. The fourth-order valence-electron chi connectivity index (χ4n) is 3.28. The molecule has 27 heavy (non-hydrogen) atoms. The van der Waals surface area contributed by atoms with Gasteiger partial charge in [0.25, 0.3) is 10.0 Å². The van der Waals surface area contributed by atoms with Crippen molar-refractivity contribution >= 4 is 27.5 Å². The van der Waals surface area contributed by atoms with Crippen LogP contribution in [0.3, 0.4) is 0 Å². The third kappa shape index (κ3) is 4.05. The molecule has 1 aromatic carbocycles. The zero-order valence-corrected chi connectivity index (χ0v) is 16.0. The van der Waals surface area contributed by atoms with Crippen LogP contribution in [0.2, 0.25) is 0 Å². The van der Waals surface area contributed by atoms with Gasteiger partial charge in [0.2, 0.25) is 0 Å². The molecule has 0 unspecified atom stereocenters. The van der Waals surface area contributed by atoms with Crippen molar-refractivity contribution in [1.29, 1.82) is 0 Å². The van der Waals surface area contributed by atoms with Gasteiger partial charge in [-0.25, -0.2) is 13.4 Å². The third-order valence-corrected chi connectivity index (χ3v) is 6.69. The van der Waals surface area contributed by atoms with E-state index in [1.54, 1.807) is 43.3 Å². The SMILES string of the molecule is CCN(c1ccccc1)S(=O)(=O)c1ccc(N2CCC(C(=O)O)CC2)nc1. The molecule has 1 fully saturated rings. The average molecular weight is 389 g/mol. The normalized spacial score (nSPS) is 15.5. The van der Waals surface area contributed by atoms with Gasteiger partial charge in [-0.15, -0.1) is 0 Å². The van der Waals surface area contributed by atoms with Crippen molar-refractivity contribution in [3.63, 3.8) is 0 Å². The summed E-state index contributed by atoms with van der Waals surface area (Å²) < 4.78 is 27.3. The molecule has 3 rings (SSSR count). The van der Waals surface area contributed by atoms with Crippen LogP contribution in [0.5, 0.6) is 0 Å². The Balaban J connectivity index is 1.77. The van der Waals surface area contributed by atoms with Gasteiger partial charge in [-0.3, -0.25) is 9.10 Å². The fraction of sp³-hybridized carbons (Fsp3) is 0.368. The molecule has 1 N–H and O–H groups in total. The molecule has 0 aliphatic carbocycles. The van der Waals surface area contributed by atoms with E-state index in [9.17, 15) is 13.2 Å². The summed E-state index contributed by atoms with van der Waals surface area (Å²) in [5, 5.41) is 9.08. The fourth-order valence-corrected chi connectivity index (χ4v) is 4.70. The molecule has 2 aromatic rings. The van der Waals surface area contributed by atoms with Crippen molar-refractivity contribution < 1.29 is 18.3 Å². The molecule has 1 aliphatic rings. The molecular weight excluding hydrogens is 366 g/mol. The number of nitrogens with zero attached hydrogens (tertiary/aromatic N) is 3. The van der Waals surface area contributed by atoms with Crippen LogP contribution in [-0.2, 0) is 14.8 Å². The van der Waals surface area contributed by atoms with Crippen LogP contribution >= 0.6 is 0 Å². The number of carboxylic acid groups (broad SMARTS) is 1. The summed E-state index contributed by atoms with van der Waals surface area (Å²) in [6, 6.07) is 12.2. The number of para-hydroxylation sites is 1. The maximum absolute atomic E-state index is 13.0. The number of aliphatic carboxylic acids is 1. The summed E-state index contributed by atoms with van der Waals surface area (Å²) in [7, 11) is -3.70. The molecule has 0 saturated carbocycles. The van der Waals surface area contributed by atoms with Gasteiger partial charge in [-0.2, -0.15) is 0 Å². The maximum Gasteiger partial charge on any atom is 0.306 e. The van der Waals surface area contributed by atoms with Crippen LogP contribution in [0, 0.1) is 5.92 Å². The van der Waals surface area contributed by atoms with Gasteiger partial charge in [0, 0.05) is 25.8 Å². The van der Waals surface area contributed by atoms with Crippen molar-refractivity contribution in [2.45, 2.75) is 24.7 Å². The second-order valence-corrected chi connectivity index (χ2v) is 8.32. The molecule has 0 amide bonds. The Kier molecular flexibility index (Phi) is 5.65. The van der Waals surface area contributed by atoms with Crippen molar-refractivity contribution in [3.8, 4) is 0 Å². The first-order valence-electron chi connectivity index (χ1n) is 8.95. The Morgan fingerprint density at radius 2 is 1.85 bits per heavy atom. The molecule has 0 radical (unpaired) electrons. The molecule has 1 aliphatic heterocycles. The van der Waals surface area contributed by atoms with Crippen LogP contribution in [0.4, 0.5) is 11.5 Å². The van der Waals surface area contributed by atoms with Gasteiger partial charge in [0.15, 0.2) is 0 Å². The van der Waals surface area contributed by atoms with E-state index in [2.05, 4.69) is 4.98 Å². The van der Waals surface area contributed by atoms with Crippen molar-refractivity contribution in [2.75, 3.05) is 28.8 Å². The van der Waals surface area contributed by atoms with Crippen molar-refractivity contribution in [1.82, 2.24) is 4.98 Å².